The number of aliphatic hydroxyl groups excluding tert-OH is 2. The molecule has 0 spiro atoms. The summed E-state index contributed by atoms with van der Waals surface area (Å²) >= 11 is 0. The van der Waals surface area contributed by atoms with Crippen LogP contribution in [0.1, 0.15) is 19.8 Å². The molecule has 0 rings (SSSR count). The lowest BCUT2D eigenvalue weighted by atomic mass is 10.1. The Morgan fingerprint density at radius 2 is 1.92 bits per heavy atom. The number of unbranched alkanes of at least 4 members (excludes halogenated alkanes) is 1. The second-order valence-corrected chi connectivity index (χ2v) is 3.26. The van der Waals surface area contributed by atoms with E-state index in [4.69, 9.17) is 10.2 Å². The fraction of sp³-hybridized carbons (Fsp3) is 1.00. The summed E-state index contributed by atoms with van der Waals surface area (Å²) in [7, 11) is 0. The minimum Gasteiger partial charge on any atom is -0.396 e. The Morgan fingerprint density at radius 3 is 2.42 bits per heavy atom. The SMILES string of the molecule is CC(O)(CO)CNCCCCO. The Kier molecular flexibility index (Phi) is 6.28. The van der Waals surface area contributed by atoms with Gasteiger partial charge in [0.1, 0.15) is 0 Å². The Hall–Kier alpha value is -0.160. The van der Waals surface area contributed by atoms with E-state index in [1.165, 1.54) is 0 Å². The van der Waals surface area contributed by atoms with E-state index in [0.717, 1.165) is 19.4 Å². The van der Waals surface area contributed by atoms with Crippen molar-refractivity contribution in [3.05, 3.63) is 0 Å². The van der Waals surface area contributed by atoms with E-state index >= 15 is 0 Å². The van der Waals surface area contributed by atoms with Crippen LogP contribution in [0.3, 0.4) is 0 Å². The number of nitrogens with one attached hydrogen (secondary N) is 1. The smallest absolute Gasteiger partial charge is 0.0972 e. The van der Waals surface area contributed by atoms with Gasteiger partial charge in [-0.25, -0.2) is 0 Å². The third-order valence-corrected chi connectivity index (χ3v) is 1.61. The van der Waals surface area contributed by atoms with Gasteiger partial charge in [-0.3, -0.25) is 0 Å². The van der Waals surface area contributed by atoms with Gasteiger partial charge in [0.05, 0.1) is 12.2 Å². The van der Waals surface area contributed by atoms with Crippen molar-refractivity contribution in [2.24, 2.45) is 0 Å². The summed E-state index contributed by atoms with van der Waals surface area (Å²) in [4.78, 5) is 0. The first kappa shape index (κ1) is 11.8. The van der Waals surface area contributed by atoms with Crippen LogP contribution in [0.25, 0.3) is 0 Å². The van der Waals surface area contributed by atoms with Gasteiger partial charge in [0.15, 0.2) is 0 Å². The highest BCUT2D eigenvalue weighted by atomic mass is 16.3. The van der Waals surface area contributed by atoms with Gasteiger partial charge in [-0.1, -0.05) is 0 Å². The van der Waals surface area contributed by atoms with Crippen LogP contribution in [-0.4, -0.2) is 47.2 Å². The van der Waals surface area contributed by atoms with Crippen LogP contribution in [0.15, 0.2) is 0 Å². The molecule has 4 N–H and O–H groups in total. The van der Waals surface area contributed by atoms with Crippen molar-refractivity contribution in [3.63, 3.8) is 0 Å². The summed E-state index contributed by atoms with van der Waals surface area (Å²) in [6.45, 7) is 2.69. The van der Waals surface area contributed by atoms with Gasteiger partial charge in [0, 0.05) is 13.2 Å². The van der Waals surface area contributed by atoms with Crippen LogP contribution in [0.5, 0.6) is 0 Å². The minimum absolute atomic E-state index is 0.206. The van der Waals surface area contributed by atoms with Gasteiger partial charge < -0.3 is 20.6 Å². The van der Waals surface area contributed by atoms with Crippen LogP contribution < -0.4 is 5.32 Å². The molecule has 4 heteroatoms. The number of hydrogen-bond acceptors (Lipinski definition) is 4. The Morgan fingerprint density at radius 1 is 1.25 bits per heavy atom. The molecular weight excluding hydrogens is 158 g/mol. The molecule has 0 saturated carbocycles. The maximum absolute atomic E-state index is 9.32. The lowest BCUT2D eigenvalue weighted by Crippen LogP contribution is -2.41. The fourth-order valence-corrected chi connectivity index (χ4v) is 0.775. The largest absolute Gasteiger partial charge is 0.396 e. The number of rotatable bonds is 7. The molecule has 0 aromatic rings. The molecule has 0 aliphatic carbocycles. The molecule has 0 aliphatic rings. The first-order valence-corrected chi connectivity index (χ1v) is 4.27. The molecule has 1 unspecified atom stereocenters. The first-order valence-electron chi connectivity index (χ1n) is 4.27. The summed E-state index contributed by atoms with van der Waals surface area (Å²) in [5.41, 5.74) is -1.03. The molecule has 0 aliphatic heterocycles. The van der Waals surface area contributed by atoms with E-state index in [1.54, 1.807) is 6.92 Å². The molecule has 0 saturated heterocycles. The Labute approximate surface area is 73.2 Å². The average Bonchev–Trinajstić information content (AvgIpc) is 2.04. The van der Waals surface area contributed by atoms with Crippen LogP contribution in [0, 0.1) is 0 Å². The van der Waals surface area contributed by atoms with E-state index in [-0.39, 0.29) is 13.2 Å². The fourth-order valence-electron chi connectivity index (χ4n) is 0.775. The molecule has 0 bridgehead atoms. The van der Waals surface area contributed by atoms with Gasteiger partial charge in [-0.2, -0.15) is 0 Å². The second-order valence-electron chi connectivity index (χ2n) is 3.26. The number of hydrogen-bond donors (Lipinski definition) is 4. The molecule has 0 radical (unpaired) electrons. The highest BCUT2D eigenvalue weighted by molar-refractivity contribution is 4.73. The zero-order valence-corrected chi connectivity index (χ0v) is 7.58. The second kappa shape index (κ2) is 6.37. The van der Waals surface area contributed by atoms with Crippen LogP contribution >= 0.6 is 0 Å². The predicted molar refractivity (Wildman–Crippen MR) is 46.9 cm³/mol. The van der Waals surface area contributed by atoms with Crippen LogP contribution in [0.2, 0.25) is 0 Å². The van der Waals surface area contributed by atoms with E-state index in [2.05, 4.69) is 5.32 Å². The van der Waals surface area contributed by atoms with Crippen molar-refractivity contribution in [2.45, 2.75) is 25.4 Å². The van der Waals surface area contributed by atoms with Crippen LogP contribution in [-0.2, 0) is 0 Å². The van der Waals surface area contributed by atoms with Gasteiger partial charge in [0.25, 0.3) is 0 Å². The zero-order chi connectivity index (χ0) is 9.45. The highest BCUT2D eigenvalue weighted by Crippen LogP contribution is 1.98. The van der Waals surface area contributed by atoms with Crippen molar-refractivity contribution >= 4 is 0 Å². The van der Waals surface area contributed by atoms with Crippen molar-refractivity contribution < 1.29 is 15.3 Å². The highest BCUT2D eigenvalue weighted by Gasteiger charge is 2.17. The van der Waals surface area contributed by atoms with Gasteiger partial charge in [-0.05, 0) is 26.3 Å². The van der Waals surface area contributed by atoms with Gasteiger partial charge >= 0.3 is 0 Å². The quantitative estimate of drug-likeness (QED) is 0.380. The van der Waals surface area contributed by atoms with Crippen molar-refractivity contribution in [1.82, 2.24) is 5.32 Å². The standard InChI is InChI=1S/C8H19NO3/c1-8(12,7-11)6-9-4-2-3-5-10/h9-12H,2-7H2,1H3. The average molecular weight is 177 g/mol. The molecule has 4 nitrogen and oxygen atoms in total. The van der Waals surface area contributed by atoms with E-state index in [9.17, 15) is 5.11 Å². The van der Waals surface area contributed by atoms with E-state index < -0.39 is 5.60 Å². The summed E-state index contributed by atoms with van der Waals surface area (Å²) in [5, 5.41) is 29.4. The molecule has 0 aromatic carbocycles. The molecule has 0 heterocycles. The normalized spacial score (nSPS) is 16.0. The van der Waals surface area contributed by atoms with Crippen LogP contribution in [0.4, 0.5) is 0 Å². The topological polar surface area (TPSA) is 72.7 Å². The van der Waals surface area contributed by atoms with E-state index in [1.807, 2.05) is 0 Å². The molecule has 0 fully saturated rings. The zero-order valence-electron chi connectivity index (χ0n) is 7.58. The maximum Gasteiger partial charge on any atom is 0.0972 e. The van der Waals surface area contributed by atoms with Crippen molar-refractivity contribution in [1.29, 1.82) is 0 Å². The minimum atomic E-state index is -1.03. The maximum atomic E-state index is 9.32. The van der Waals surface area contributed by atoms with Gasteiger partial charge in [-0.15, -0.1) is 0 Å². The summed E-state index contributed by atoms with van der Waals surface area (Å²) in [5.74, 6) is 0. The Bertz CT molecular complexity index is 106. The molecule has 74 valence electrons. The predicted octanol–water partition coefficient (Wildman–Crippen LogP) is -0.908. The third-order valence-electron chi connectivity index (χ3n) is 1.61. The monoisotopic (exact) mass is 177 g/mol. The molecular formula is C8H19NO3. The lowest BCUT2D eigenvalue weighted by molar-refractivity contribution is 0.00283. The van der Waals surface area contributed by atoms with Crippen molar-refractivity contribution in [2.75, 3.05) is 26.3 Å². The van der Waals surface area contributed by atoms with Crippen molar-refractivity contribution in [3.8, 4) is 0 Å². The molecule has 12 heavy (non-hydrogen) atoms. The Balaban J connectivity index is 3.19. The summed E-state index contributed by atoms with van der Waals surface area (Å²) in [6, 6.07) is 0. The van der Waals surface area contributed by atoms with E-state index in [0.29, 0.717) is 6.54 Å². The number of aliphatic hydroxyl groups is 3. The molecule has 1 atom stereocenters. The summed E-state index contributed by atoms with van der Waals surface area (Å²) < 4.78 is 0. The van der Waals surface area contributed by atoms with Gasteiger partial charge in [0.2, 0.25) is 0 Å². The molecule has 0 amide bonds. The summed E-state index contributed by atoms with van der Waals surface area (Å²) in [6.07, 6.45) is 1.66. The molecule has 0 aromatic heterocycles. The third kappa shape index (κ3) is 6.54. The first-order chi connectivity index (χ1) is 5.62. The lowest BCUT2D eigenvalue weighted by Gasteiger charge is -2.20.